The van der Waals surface area contributed by atoms with E-state index in [0.717, 1.165) is 36.1 Å². The van der Waals surface area contributed by atoms with E-state index in [2.05, 4.69) is 0 Å². The van der Waals surface area contributed by atoms with Gasteiger partial charge in [-0.1, -0.05) is 32.4 Å². The molecule has 0 bridgehead atoms. The highest BCUT2D eigenvalue weighted by molar-refractivity contribution is 6.46. The standard InChI is InChI=1S/C28H35NO5/c1-6-8-14-29-25(20-10-9-11-22(17-20)34-18(3)4)24(27(31)28(29)32)26(30)21-12-13-23(19(5)16-21)33-15-7-2/h9-13,16-18,25,30H,6-8,14-15H2,1-5H3/b26-24+. The summed E-state index contributed by atoms with van der Waals surface area (Å²) in [6.45, 7) is 10.9. The van der Waals surface area contributed by atoms with Crippen LogP contribution in [0.2, 0.25) is 0 Å². The van der Waals surface area contributed by atoms with Crippen molar-refractivity contribution in [3.63, 3.8) is 0 Å². The first kappa shape index (κ1) is 25.3. The van der Waals surface area contributed by atoms with E-state index in [1.165, 1.54) is 0 Å². The fourth-order valence-corrected chi connectivity index (χ4v) is 4.14. The Morgan fingerprint density at radius 3 is 2.50 bits per heavy atom. The number of carbonyl (C=O) groups excluding carboxylic acids is 2. The van der Waals surface area contributed by atoms with Crippen molar-refractivity contribution in [1.29, 1.82) is 0 Å². The molecular weight excluding hydrogens is 430 g/mol. The summed E-state index contributed by atoms with van der Waals surface area (Å²) in [6, 6.07) is 12.0. The molecule has 1 aliphatic rings. The van der Waals surface area contributed by atoms with Crippen molar-refractivity contribution in [2.75, 3.05) is 13.2 Å². The Hall–Kier alpha value is -3.28. The van der Waals surface area contributed by atoms with Crippen LogP contribution in [0.5, 0.6) is 11.5 Å². The number of likely N-dealkylation sites (tertiary alicyclic amines) is 1. The van der Waals surface area contributed by atoms with Gasteiger partial charge in [-0.15, -0.1) is 0 Å². The van der Waals surface area contributed by atoms with Gasteiger partial charge >= 0.3 is 0 Å². The SMILES string of the molecule is CCCCN1C(=O)C(=O)/C(=C(/O)c2ccc(OCCC)c(C)c2)C1c1cccc(OC(C)C)c1. The number of Topliss-reactive ketones (excluding diaryl/α,β-unsaturated/α-hetero) is 1. The van der Waals surface area contributed by atoms with Crippen LogP contribution in [0.3, 0.4) is 0 Å². The number of hydrogen-bond acceptors (Lipinski definition) is 5. The molecular formula is C28H35NO5. The lowest BCUT2D eigenvalue weighted by atomic mass is 9.94. The molecule has 1 N–H and O–H groups in total. The number of ether oxygens (including phenoxy) is 2. The number of ketones is 1. The number of aryl methyl sites for hydroxylation is 1. The number of hydrogen-bond donors (Lipinski definition) is 1. The molecule has 6 heteroatoms. The van der Waals surface area contributed by atoms with E-state index in [1.54, 1.807) is 23.1 Å². The van der Waals surface area contributed by atoms with Crippen LogP contribution >= 0.6 is 0 Å². The summed E-state index contributed by atoms with van der Waals surface area (Å²) in [5, 5.41) is 11.3. The molecule has 0 saturated carbocycles. The van der Waals surface area contributed by atoms with Gasteiger partial charge < -0.3 is 19.5 Å². The Morgan fingerprint density at radius 2 is 1.85 bits per heavy atom. The molecule has 6 nitrogen and oxygen atoms in total. The summed E-state index contributed by atoms with van der Waals surface area (Å²) in [5.41, 5.74) is 2.16. The van der Waals surface area contributed by atoms with Gasteiger partial charge in [-0.25, -0.2) is 0 Å². The lowest BCUT2D eigenvalue weighted by molar-refractivity contribution is -0.139. The van der Waals surface area contributed by atoms with Crippen molar-refractivity contribution in [1.82, 2.24) is 4.90 Å². The van der Waals surface area contributed by atoms with Crippen LogP contribution in [0.25, 0.3) is 5.76 Å². The topological polar surface area (TPSA) is 76.1 Å². The third kappa shape index (κ3) is 5.44. The van der Waals surface area contributed by atoms with E-state index in [1.807, 2.05) is 58.9 Å². The zero-order valence-electron chi connectivity index (χ0n) is 20.8. The molecule has 1 saturated heterocycles. The van der Waals surface area contributed by atoms with E-state index < -0.39 is 17.7 Å². The van der Waals surface area contributed by atoms with Crippen molar-refractivity contribution in [2.24, 2.45) is 0 Å². The first-order chi connectivity index (χ1) is 16.3. The zero-order chi connectivity index (χ0) is 24.8. The first-order valence-electron chi connectivity index (χ1n) is 12.1. The smallest absolute Gasteiger partial charge is 0.295 e. The third-order valence-electron chi connectivity index (χ3n) is 5.75. The van der Waals surface area contributed by atoms with Crippen LogP contribution in [0.1, 0.15) is 69.7 Å². The molecule has 2 aromatic rings. The molecule has 0 aliphatic carbocycles. The largest absolute Gasteiger partial charge is 0.507 e. The summed E-state index contributed by atoms with van der Waals surface area (Å²) in [4.78, 5) is 27.8. The van der Waals surface area contributed by atoms with Gasteiger partial charge in [0.25, 0.3) is 11.7 Å². The molecule has 1 aliphatic heterocycles. The maximum atomic E-state index is 13.2. The number of rotatable bonds is 10. The summed E-state index contributed by atoms with van der Waals surface area (Å²) in [5.74, 6) is -0.0473. The second kappa shape index (κ2) is 11.2. The minimum Gasteiger partial charge on any atom is -0.507 e. The minimum absolute atomic E-state index is 0.0156. The number of carbonyl (C=O) groups is 2. The Kier molecular flexibility index (Phi) is 8.37. The zero-order valence-corrected chi connectivity index (χ0v) is 20.8. The third-order valence-corrected chi connectivity index (χ3v) is 5.75. The molecule has 0 radical (unpaired) electrons. The predicted octanol–water partition coefficient (Wildman–Crippen LogP) is 5.79. The van der Waals surface area contributed by atoms with Gasteiger partial charge in [-0.05, 0) is 75.1 Å². The molecule has 34 heavy (non-hydrogen) atoms. The van der Waals surface area contributed by atoms with Gasteiger partial charge in [0.15, 0.2) is 0 Å². The fourth-order valence-electron chi connectivity index (χ4n) is 4.14. The van der Waals surface area contributed by atoms with Crippen LogP contribution in [-0.4, -0.2) is 41.0 Å². The quantitative estimate of drug-likeness (QED) is 0.273. The summed E-state index contributed by atoms with van der Waals surface area (Å²) in [7, 11) is 0. The molecule has 2 aromatic carbocycles. The molecule has 1 atom stereocenters. The normalized spacial score (nSPS) is 17.5. The maximum Gasteiger partial charge on any atom is 0.295 e. The number of aliphatic hydroxyl groups excluding tert-OH is 1. The van der Waals surface area contributed by atoms with E-state index in [0.29, 0.717) is 24.5 Å². The molecule has 3 rings (SSSR count). The maximum absolute atomic E-state index is 13.2. The van der Waals surface area contributed by atoms with Crippen LogP contribution in [-0.2, 0) is 9.59 Å². The molecule has 1 heterocycles. The second-order valence-corrected chi connectivity index (χ2v) is 8.91. The number of amides is 1. The van der Waals surface area contributed by atoms with E-state index in [4.69, 9.17) is 9.47 Å². The van der Waals surface area contributed by atoms with Crippen LogP contribution in [0, 0.1) is 6.92 Å². The highest BCUT2D eigenvalue weighted by Crippen LogP contribution is 2.41. The number of benzene rings is 2. The molecule has 1 fully saturated rings. The Labute approximate surface area is 202 Å². The number of unbranched alkanes of at least 4 members (excludes halogenated alkanes) is 1. The average molecular weight is 466 g/mol. The molecule has 1 amide bonds. The Bertz CT molecular complexity index is 1070. The van der Waals surface area contributed by atoms with Crippen LogP contribution in [0.4, 0.5) is 0 Å². The highest BCUT2D eigenvalue weighted by atomic mass is 16.5. The molecule has 1 unspecified atom stereocenters. The van der Waals surface area contributed by atoms with Crippen molar-refractivity contribution < 1.29 is 24.2 Å². The first-order valence-corrected chi connectivity index (χ1v) is 12.1. The monoisotopic (exact) mass is 465 g/mol. The van der Waals surface area contributed by atoms with E-state index in [-0.39, 0.29) is 17.4 Å². The van der Waals surface area contributed by atoms with Gasteiger partial charge in [-0.3, -0.25) is 9.59 Å². The Balaban J connectivity index is 2.11. The molecule has 0 spiro atoms. The number of aliphatic hydroxyl groups is 1. The summed E-state index contributed by atoms with van der Waals surface area (Å²) in [6.07, 6.45) is 2.51. The number of nitrogens with zero attached hydrogens (tertiary/aromatic N) is 1. The summed E-state index contributed by atoms with van der Waals surface area (Å²) >= 11 is 0. The van der Waals surface area contributed by atoms with Crippen molar-refractivity contribution in [2.45, 2.75) is 66.0 Å². The Morgan fingerprint density at radius 1 is 1.09 bits per heavy atom. The van der Waals surface area contributed by atoms with Crippen molar-refractivity contribution >= 4 is 17.4 Å². The van der Waals surface area contributed by atoms with E-state index in [9.17, 15) is 14.7 Å². The van der Waals surface area contributed by atoms with Gasteiger partial charge in [0.2, 0.25) is 0 Å². The minimum atomic E-state index is -0.682. The van der Waals surface area contributed by atoms with Crippen molar-refractivity contribution in [3.8, 4) is 11.5 Å². The van der Waals surface area contributed by atoms with E-state index >= 15 is 0 Å². The van der Waals surface area contributed by atoms with Crippen LogP contribution in [0.15, 0.2) is 48.0 Å². The fraction of sp³-hybridized carbons (Fsp3) is 0.429. The van der Waals surface area contributed by atoms with Gasteiger partial charge in [0, 0.05) is 12.1 Å². The average Bonchev–Trinajstić information content (AvgIpc) is 3.06. The molecule has 182 valence electrons. The van der Waals surface area contributed by atoms with Crippen LogP contribution < -0.4 is 9.47 Å². The highest BCUT2D eigenvalue weighted by Gasteiger charge is 2.45. The van der Waals surface area contributed by atoms with Crippen molar-refractivity contribution in [3.05, 3.63) is 64.7 Å². The second-order valence-electron chi connectivity index (χ2n) is 8.91. The lowest BCUT2D eigenvalue weighted by Crippen LogP contribution is -2.30. The molecule has 0 aromatic heterocycles. The lowest BCUT2D eigenvalue weighted by Gasteiger charge is -2.25. The predicted molar refractivity (Wildman–Crippen MR) is 133 cm³/mol. The van der Waals surface area contributed by atoms with Gasteiger partial charge in [-0.2, -0.15) is 0 Å². The summed E-state index contributed by atoms with van der Waals surface area (Å²) < 4.78 is 11.6. The van der Waals surface area contributed by atoms with Gasteiger partial charge in [0.1, 0.15) is 17.3 Å². The van der Waals surface area contributed by atoms with Gasteiger partial charge in [0.05, 0.1) is 24.3 Å².